The van der Waals surface area contributed by atoms with Crippen molar-refractivity contribution < 1.29 is 4.79 Å². The van der Waals surface area contributed by atoms with Crippen LogP contribution in [0.4, 0.5) is 0 Å². The molecule has 2 aromatic rings. The van der Waals surface area contributed by atoms with Gasteiger partial charge in [-0.3, -0.25) is 4.79 Å². The number of fused-ring (bicyclic) bond motifs is 1. The molecule has 2 unspecified atom stereocenters. The fourth-order valence-corrected chi connectivity index (χ4v) is 3.05. The Kier molecular flexibility index (Phi) is 2.86. The van der Waals surface area contributed by atoms with Crippen LogP contribution in [0.5, 0.6) is 0 Å². The summed E-state index contributed by atoms with van der Waals surface area (Å²) in [5.41, 5.74) is 10.5. The molecule has 2 nitrogen and oxygen atoms in total. The highest BCUT2D eigenvalue weighted by molar-refractivity contribution is 5.80. The molecule has 96 valence electrons. The number of benzene rings is 2. The van der Waals surface area contributed by atoms with Gasteiger partial charge in [0.25, 0.3) is 0 Å². The van der Waals surface area contributed by atoms with E-state index in [1.54, 1.807) is 0 Å². The largest absolute Gasteiger partial charge is 0.369 e. The molecule has 1 amide bonds. The molecular formula is C17H17NO. The molecule has 0 bridgehead atoms. The van der Waals surface area contributed by atoms with Gasteiger partial charge in [-0.1, -0.05) is 54.1 Å². The fourth-order valence-electron chi connectivity index (χ4n) is 3.05. The highest BCUT2D eigenvalue weighted by atomic mass is 16.1. The van der Waals surface area contributed by atoms with Crippen molar-refractivity contribution in [3.63, 3.8) is 0 Å². The number of hydrogen-bond donors (Lipinski definition) is 1. The van der Waals surface area contributed by atoms with Crippen molar-refractivity contribution in [1.29, 1.82) is 0 Å². The standard InChI is InChI=1S/C17H17NO/c1-11-6-8-12(9-7-11)16-14-5-3-2-4-13(14)10-15(16)17(18)19/h2-9,15-16H,10H2,1H3,(H2,18,19). The Labute approximate surface area is 113 Å². The van der Waals surface area contributed by atoms with Gasteiger partial charge in [-0.2, -0.15) is 0 Å². The molecule has 19 heavy (non-hydrogen) atoms. The second-order valence-electron chi connectivity index (χ2n) is 5.30. The average molecular weight is 251 g/mol. The van der Waals surface area contributed by atoms with E-state index in [2.05, 4.69) is 43.3 Å². The molecule has 1 aliphatic rings. The van der Waals surface area contributed by atoms with Crippen molar-refractivity contribution in [2.24, 2.45) is 11.7 Å². The zero-order valence-electron chi connectivity index (χ0n) is 11.0. The molecule has 2 atom stereocenters. The minimum atomic E-state index is -0.207. The molecular weight excluding hydrogens is 234 g/mol. The quantitative estimate of drug-likeness (QED) is 0.876. The van der Waals surface area contributed by atoms with Gasteiger partial charge in [-0.25, -0.2) is 0 Å². The van der Waals surface area contributed by atoms with Crippen LogP contribution >= 0.6 is 0 Å². The Bertz CT molecular complexity index is 615. The number of primary amides is 1. The predicted octanol–water partition coefficient (Wildman–Crippen LogP) is 2.78. The minimum Gasteiger partial charge on any atom is -0.369 e. The first-order valence-corrected chi connectivity index (χ1v) is 6.60. The maximum absolute atomic E-state index is 11.7. The second-order valence-corrected chi connectivity index (χ2v) is 5.30. The van der Waals surface area contributed by atoms with Crippen molar-refractivity contribution in [2.75, 3.05) is 0 Å². The summed E-state index contributed by atoms with van der Waals surface area (Å²) in [4.78, 5) is 11.7. The van der Waals surface area contributed by atoms with Crippen LogP contribution in [-0.2, 0) is 11.2 Å². The molecule has 0 heterocycles. The number of carbonyl (C=O) groups excluding carboxylic acids is 1. The van der Waals surface area contributed by atoms with Crippen molar-refractivity contribution in [1.82, 2.24) is 0 Å². The zero-order valence-corrected chi connectivity index (χ0v) is 11.0. The third-order valence-corrected chi connectivity index (χ3v) is 4.03. The van der Waals surface area contributed by atoms with E-state index in [9.17, 15) is 4.79 Å². The molecule has 2 N–H and O–H groups in total. The van der Waals surface area contributed by atoms with E-state index in [-0.39, 0.29) is 17.7 Å². The Hall–Kier alpha value is -2.09. The van der Waals surface area contributed by atoms with E-state index < -0.39 is 0 Å². The third kappa shape index (κ3) is 2.03. The molecule has 0 aromatic heterocycles. The summed E-state index contributed by atoms with van der Waals surface area (Å²) in [7, 11) is 0. The Morgan fingerprint density at radius 3 is 2.47 bits per heavy atom. The van der Waals surface area contributed by atoms with Crippen LogP contribution in [0.25, 0.3) is 0 Å². The number of amides is 1. The molecule has 0 fully saturated rings. The van der Waals surface area contributed by atoms with E-state index in [0.717, 1.165) is 6.42 Å². The highest BCUT2D eigenvalue weighted by Crippen LogP contribution is 2.42. The number of carbonyl (C=O) groups is 1. The van der Waals surface area contributed by atoms with E-state index in [4.69, 9.17) is 5.73 Å². The fraction of sp³-hybridized carbons (Fsp3) is 0.235. The van der Waals surface area contributed by atoms with Crippen LogP contribution in [0.3, 0.4) is 0 Å². The van der Waals surface area contributed by atoms with E-state index >= 15 is 0 Å². The third-order valence-electron chi connectivity index (χ3n) is 4.03. The van der Waals surface area contributed by atoms with Gasteiger partial charge in [0.1, 0.15) is 0 Å². The first-order chi connectivity index (χ1) is 9.16. The molecule has 3 rings (SSSR count). The summed E-state index contributed by atoms with van der Waals surface area (Å²) in [6.45, 7) is 2.07. The summed E-state index contributed by atoms with van der Waals surface area (Å²) in [6.07, 6.45) is 0.754. The summed E-state index contributed by atoms with van der Waals surface area (Å²) in [5, 5.41) is 0. The summed E-state index contributed by atoms with van der Waals surface area (Å²) >= 11 is 0. The van der Waals surface area contributed by atoms with Gasteiger partial charge in [-0.15, -0.1) is 0 Å². The monoisotopic (exact) mass is 251 g/mol. The predicted molar refractivity (Wildman–Crippen MR) is 75.9 cm³/mol. The van der Waals surface area contributed by atoms with Gasteiger partial charge in [0.2, 0.25) is 5.91 Å². The lowest BCUT2D eigenvalue weighted by molar-refractivity contribution is -0.121. The smallest absolute Gasteiger partial charge is 0.221 e. The van der Waals surface area contributed by atoms with Crippen molar-refractivity contribution in [3.05, 3.63) is 70.8 Å². The summed E-state index contributed by atoms with van der Waals surface area (Å²) < 4.78 is 0. The van der Waals surface area contributed by atoms with E-state index in [1.807, 2.05) is 12.1 Å². The van der Waals surface area contributed by atoms with Gasteiger partial charge in [0, 0.05) is 5.92 Å². The molecule has 0 saturated carbocycles. The second kappa shape index (κ2) is 4.54. The van der Waals surface area contributed by atoms with Gasteiger partial charge in [-0.05, 0) is 30.0 Å². The normalized spacial score (nSPS) is 21.1. The van der Waals surface area contributed by atoms with E-state index in [0.29, 0.717) is 0 Å². The molecule has 1 aliphatic carbocycles. The lowest BCUT2D eigenvalue weighted by Crippen LogP contribution is -2.27. The van der Waals surface area contributed by atoms with Crippen LogP contribution < -0.4 is 5.73 Å². The van der Waals surface area contributed by atoms with E-state index in [1.165, 1.54) is 22.3 Å². The highest BCUT2D eigenvalue weighted by Gasteiger charge is 2.36. The Morgan fingerprint density at radius 1 is 1.11 bits per heavy atom. The van der Waals surface area contributed by atoms with Crippen molar-refractivity contribution in [2.45, 2.75) is 19.3 Å². The Morgan fingerprint density at radius 2 is 1.79 bits per heavy atom. The first kappa shape index (κ1) is 12.0. The van der Waals surface area contributed by atoms with Gasteiger partial charge in [0.15, 0.2) is 0 Å². The topological polar surface area (TPSA) is 43.1 Å². The number of hydrogen-bond acceptors (Lipinski definition) is 1. The number of nitrogens with two attached hydrogens (primary N) is 1. The Balaban J connectivity index is 2.09. The SMILES string of the molecule is Cc1ccc(C2c3ccccc3CC2C(N)=O)cc1. The van der Waals surface area contributed by atoms with Crippen LogP contribution in [0.15, 0.2) is 48.5 Å². The van der Waals surface area contributed by atoms with Crippen LogP contribution in [0, 0.1) is 12.8 Å². The number of aryl methyl sites for hydroxylation is 1. The lowest BCUT2D eigenvalue weighted by Gasteiger charge is -2.18. The van der Waals surface area contributed by atoms with Gasteiger partial charge < -0.3 is 5.73 Å². The van der Waals surface area contributed by atoms with Crippen molar-refractivity contribution in [3.8, 4) is 0 Å². The van der Waals surface area contributed by atoms with Crippen LogP contribution in [0.2, 0.25) is 0 Å². The van der Waals surface area contributed by atoms with Crippen molar-refractivity contribution >= 4 is 5.91 Å². The first-order valence-electron chi connectivity index (χ1n) is 6.60. The lowest BCUT2D eigenvalue weighted by atomic mass is 9.85. The molecule has 2 aromatic carbocycles. The maximum atomic E-state index is 11.7. The van der Waals surface area contributed by atoms with Gasteiger partial charge in [0.05, 0.1) is 5.92 Å². The van der Waals surface area contributed by atoms with Gasteiger partial charge >= 0.3 is 0 Å². The average Bonchev–Trinajstić information content (AvgIpc) is 2.79. The minimum absolute atomic E-state index is 0.106. The summed E-state index contributed by atoms with van der Waals surface area (Å²) in [5.74, 6) is -0.226. The molecule has 0 radical (unpaired) electrons. The zero-order chi connectivity index (χ0) is 13.4. The molecule has 2 heteroatoms. The molecule has 0 spiro atoms. The molecule has 0 aliphatic heterocycles. The maximum Gasteiger partial charge on any atom is 0.221 e. The summed E-state index contributed by atoms with van der Waals surface area (Å²) in [6, 6.07) is 16.7. The van der Waals surface area contributed by atoms with Crippen LogP contribution in [-0.4, -0.2) is 5.91 Å². The number of rotatable bonds is 2. The molecule has 0 saturated heterocycles. The van der Waals surface area contributed by atoms with Crippen LogP contribution in [0.1, 0.15) is 28.2 Å².